The number of hydrogen-bond acceptors (Lipinski definition) is 4. The largest absolute Gasteiger partial charge is 0.455 e. The summed E-state index contributed by atoms with van der Waals surface area (Å²) in [4.78, 5) is 12.8. The van der Waals surface area contributed by atoms with Crippen molar-refractivity contribution in [2.45, 2.75) is 6.92 Å². The van der Waals surface area contributed by atoms with E-state index >= 15 is 0 Å². The zero-order chi connectivity index (χ0) is 15.6. The molecule has 0 atom stereocenters. The van der Waals surface area contributed by atoms with Crippen molar-refractivity contribution in [3.8, 4) is 11.5 Å². The molecular weight excluding hydrogens is 292 g/mol. The van der Waals surface area contributed by atoms with E-state index < -0.39 is 0 Å². The van der Waals surface area contributed by atoms with Crippen LogP contribution >= 0.6 is 0 Å². The first-order chi connectivity index (χ1) is 11.2. The van der Waals surface area contributed by atoms with E-state index in [0.29, 0.717) is 27.7 Å². The van der Waals surface area contributed by atoms with Gasteiger partial charge in [-0.1, -0.05) is 12.1 Å². The Bertz CT molecular complexity index is 1170. The van der Waals surface area contributed by atoms with Crippen molar-refractivity contribution in [3.63, 3.8) is 0 Å². The lowest BCUT2D eigenvalue weighted by Gasteiger charge is -2.06. The fourth-order valence-corrected chi connectivity index (χ4v) is 3.13. The Balaban J connectivity index is 2.00. The molecule has 23 heavy (non-hydrogen) atoms. The second kappa shape index (κ2) is 4.26. The minimum atomic E-state index is -0.0131. The maximum absolute atomic E-state index is 12.8. The lowest BCUT2D eigenvalue weighted by Crippen LogP contribution is -2.02. The van der Waals surface area contributed by atoms with E-state index in [1.807, 2.05) is 49.4 Å². The average molecular weight is 304 g/mol. The van der Waals surface area contributed by atoms with Gasteiger partial charge in [0.2, 0.25) is 12.2 Å². The van der Waals surface area contributed by atoms with Gasteiger partial charge in [-0.3, -0.25) is 4.79 Å². The minimum absolute atomic E-state index is 0.0131. The number of ether oxygens (including phenoxy) is 2. The Labute approximate surface area is 130 Å². The maximum Gasteiger partial charge on any atom is 0.231 e. The number of fused-ring (bicyclic) bond motifs is 5. The third kappa shape index (κ3) is 1.69. The van der Waals surface area contributed by atoms with Crippen molar-refractivity contribution >= 4 is 32.7 Å². The fraction of sp³-hybridized carbons (Fsp3) is 0.105. The predicted octanol–water partition coefficient (Wildman–Crippen LogP) is 4.14. The standard InChI is InChI=1S/C19H12O4/c1-10-2-4-12-15(6-10)23-19-13(18(12)20)5-3-11-7-16-17(8-14(11)19)22-9-21-16/h2-8H,9H2,1H3. The molecule has 0 bridgehead atoms. The Morgan fingerprint density at radius 2 is 1.65 bits per heavy atom. The second-order valence-electron chi connectivity index (χ2n) is 5.80. The number of benzene rings is 3. The van der Waals surface area contributed by atoms with E-state index in [0.717, 1.165) is 22.1 Å². The molecule has 0 aliphatic carbocycles. The molecule has 0 fully saturated rings. The molecule has 0 radical (unpaired) electrons. The van der Waals surface area contributed by atoms with Gasteiger partial charge in [0.15, 0.2) is 11.5 Å². The Morgan fingerprint density at radius 1 is 0.870 bits per heavy atom. The summed E-state index contributed by atoms with van der Waals surface area (Å²) >= 11 is 0. The van der Waals surface area contributed by atoms with Crippen molar-refractivity contribution in [1.82, 2.24) is 0 Å². The molecule has 4 aromatic rings. The molecule has 1 aromatic heterocycles. The fourth-order valence-electron chi connectivity index (χ4n) is 3.13. The van der Waals surface area contributed by atoms with Gasteiger partial charge < -0.3 is 13.9 Å². The normalized spacial score (nSPS) is 13.3. The predicted molar refractivity (Wildman–Crippen MR) is 88.4 cm³/mol. The number of aryl methyl sites for hydroxylation is 1. The molecule has 4 heteroatoms. The zero-order valence-electron chi connectivity index (χ0n) is 12.4. The average Bonchev–Trinajstić information content (AvgIpc) is 3.00. The van der Waals surface area contributed by atoms with Crippen molar-refractivity contribution in [3.05, 3.63) is 58.3 Å². The quantitative estimate of drug-likeness (QED) is 0.362. The summed E-state index contributed by atoms with van der Waals surface area (Å²) in [6.45, 7) is 2.19. The summed E-state index contributed by atoms with van der Waals surface area (Å²) in [7, 11) is 0. The van der Waals surface area contributed by atoms with Gasteiger partial charge in [0.25, 0.3) is 0 Å². The molecule has 1 aliphatic rings. The molecule has 4 nitrogen and oxygen atoms in total. The summed E-state index contributed by atoms with van der Waals surface area (Å²) in [5.74, 6) is 1.40. The lowest BCUT2D eigenvalue weighted by atomic mass is 10.0. The first-order valence-electron chi connectivity index (χ1n) is 7.40. The van der Waals surface area contributed by atoms with Gasteiger partial charge in [-0.15, -0.1) is 0 Å². The van der Waals surface area contributed by atoms with Crippen LogP contribution in [-0.4, -0.2) is 6.79 Å². The molecular formula is C19H12O4. The zero-order valence-corrected chi connectivity index (χ0v) is 12.4. The van der Waals surface area contributed by atoms with E-state index in [2.05, 4.69) is 0 Å². The van der Waals surface area contributed by atoms with Crippen molar-refractivity contribution in [2.75, 3.05) is 6.79 Å². The summed E-state index contributed by atoms with van der Waals surface area (Å²) in [6.07, 6.45) is 0. The van der Waals surface area contributed by atoms with E-state index in [9.17, 15) is 4.79 Å². The van der Waals surface area contributed by atoms with Crippen LogP contribution in [0.5, 0.6) is 11.5 Å². The monoisotopic (exact) mass is 304 g/mol. The van der Waals surface area contributed by atoms with Gasteiger partial charge in [-0.05, 0) is 48.2 Å². The summed E-state index contributed by atoms with van der Waals surface area (Å²) in [6, 6.07) is 13.1. The molecule has 0 saturated carbocycles. The van der Waals surface area contributed by atoms with E-state index in [1.54, 1.807) is 0 Å². The number of rotatable bonds is 0. The molecule has 5 rings (SSSR count). The van der Waals surface area contributed by atoms with Gasteiger partial charge in [-0.2, -0.15) is 0 Å². The van der Waals surface area contributed by atoms with Crippen LogP contribution in [0.1, 0.15) is 5.56 Å². The first-order valence-corrected chi connectivity index (χ1v) is 7.40. The Kier molecular flexibility index (Phi) is 2.32. The highest BCUT2D eigenvalue weighted by Gasteiger charge is 2.17. The minimum Gasteiger partial charge on any atom is -0.455 e. The van der Waals surface area contributed by atoms with Crippen LogP contribution in [0.3, 0.4) is 0 Å². The van der Waals surface area contributed by atoms with Crippen LogP contribution in [0.2, 0.25) is 0 Å². The van der Waals surface area contributed by atoms with Crippen LogP contribution in [0.25, 0.3) is 32.7 Å². The number of hydrogen-bond donors (Lipinski definition) is 0. The van der Waals surface area contributed by atoms with Gasteiger partial charge in [0.1, 0.15) is 11.2 Å². The third-order valence-electron chi connectivity index (χ3n) is 4.30. The molecule has 0 N–H and O–H groups in total. The van der Waals surface area contributed by atoms with Crippen LogP contribution in [0.4, 0.5) is 0 Å². The first kappa shape index (κ1) is 12.5. The molecule has 2 heterocycles. The molecule has 112 valence electrons. The molecule has 0 spiro atoms. The third-order valence-corrected chi connectivity index (χ3v) is 4.30. The topological polar surface area (TPSA) is 48.7 Å². The second-order valence-corrected chi connectivity index (χ2v) is 5.80. The van der Waals surface area contributed by atoms with E-state index in [4.69, 9.17) is 13.9 Å². The van der Waals surface area contributed by atoms with Gasteiger partial charge in [0.05, 0.1) is 10.8 Å². The summed E-state index contributed by atoms with van der Waals surface area (Å²) in [5.41, 5.74) is 2.23. The van der Waals surface area contributed by atoms with Crippen molar-refractivity contribution in [2.24, 2.45) is 0 Å². The Morgan fingerprint density at radius 3 is 2.52 bits per heavy atom. The van der Waals surface area contributed by atoms with Crippen LogP contribution in [0.15, 0.2) is 51.7 Å². The molecule has 0 unspecified atom stereocenters. The van der Waals surface area contributed by atoms with Gasteiger partial charge >= 0.3 is 0 Å². The van der Waals surface area contributed by atoms with E-state index in [1.165, 1.54) is 0 Å². The molecule has 0 saturated heterocycles. The lowest BCUT2D eigenvalue weighted by molar-refractivity contribution is 0.174. The highest BCUT2D eigenvalue weighted by Crippen LogP contribution is 2.38. The SMILES string of the molecule is Cc1ccc2c(=O)c3ccc4cc5c(cc4c3oc2c1)OCO5. The maximum atomic E-state index is 12.8. The molecule has 3 aromatic carbocycles. The van der Waals surface area contributed by atoms with Crippen LogP contribution < -0.4 is 14.9 Å². The van der Waals surface area contributed by atoms with Crippen molar-refractivity contribution in [1.29, 1.82) is 0 Å². The Hall–Kier alpha value is -3.01. The smallest absolute Gasteiger partial charge is 0.231 e. The highest BCUT2D eigenvalue weighted by atomic mass is 16.7. The summed E-state index contributed by atoms with van der Waals surface area (Å²) < 4.78 is 16.9. The van der Waals surface area contributed by atoms with Crippen LogP contribution in [0, 0.1) is 6.92 Å². The molecule has 0 amide bonds. The van der Waals surface area contributed by atoms with Gasteiger partial charge in [-0.25, -0.2) is 0 Å². The van der Waals surface area contributed by atoms with Crippen molar-refractivity contribution < 1.29 is 13.9 Å². The highest BCUT2D eigenvalue weighted by molar-refractivity contribution is 6.07. The summed E-state index contributed by atoms with van der Waals surface area (Å²) in [5, 5.41) is 2.99. The van der Waals surface area contributed by atoms with Crippen LogP contribution in [-0.2, 0) is 0 Å². The van der Waals surface area contributed by atoms with Gasteiger partial charge in [0, 0.05) is 5.39 Å². The van der Waals surface area contributed by atoms with E-state index in [-0.39, 0.29) is 12.2 Å². The molecule has 1 aliphatic heterocycles.